The minimum atomic E-state index is -0.851. The number of hydrogen-bond acceptors (Lipinski definition) is 3. The predicted molar refractivity (Wildman–Crippen MR) is 57.1 cm³/mol. The number of phenolic OH excluding ortho intramolecular Hbond substituents is 1. The maximum Gasteiger partial charge on any atom is 0.306 e. The summed E-state index contributed by atoms with van der Waals surface area (Å²) in [5, 5.41) is 18.6. The highest BCUT2D eigenvalue weighted by Crippen LogP contribution is 2.29. The average molecular weight is 222 g/mol. The molecule has 4 heteroatoms. The highest BCUT2D eigenvalue weighted by Gasteiger charge is 2.18. The number of aromatic hydroxyl groups is 1. The molecular formula is C12H14O4. The zero-order valence-electron chi connectivity index (χ0n) is 9.06. The number of carboxylic acid groups (broad SMARTS) is 1. The number of phenols is 1. The van der Waals surface area contributed by atoms with Crippen molar-refractivity contribution in [2.75, 3.05) is 0 Å². The predicted octanol–water partition coefficient (Wildman–Crippen LogP) is 1.69. The third kappa shape index (κ3) is 2.02. The highest BCUT2D eigenvalue weighted by atomic mass is 16.5. The smallest absolute Gasteiger partial charge is 0.306 e. The molecule has 86 valence electrons. The molecule has 1 atom stereocenters. The third-order valence-corrected chi connectivity index (χ3v) is 2.86. The van der Waals surface area contributed by atoms with Crippen molar-refractivity contribution in [2.45, 2.75) is 26.6 Å². The lowest BCUT2D eigenvalue weighted by Gasteiger charge is -2.10. The number of carboxylic acids is 1. The summed E-state index contributed by atoms with van der Waals surface area (Å²) in [7, 11) is 0. The third-order valence-electron chi connectivity index (χ3n) is 2.86. The van der Waals surface area contributed by atoms with Crippen molar-refractivity contribution in [1.82, 2.24) is 0 Å². The first kappa shape index (κ1) is 11.0. The summed E-state index contributed by atoms with van der Waals surface area (Å²) in [5.74, 6) is -1.18. The van der Waals surface area contributed by atoms with E-state index in [1.165, 1.54) is 0 Å². The van der Waals surface area contributed by atoms with E-state index in [1.807, 2.05) is 6.07 Å². The van der Waals surface area contributed by atoms with E-state index in [9.17, 15) is 9.90 Å². The number of aliphatic carboxylic acids is 1. The van der Waals surface area contributed by atoms with Gasteiger partial charge in [0, 0.05) is 0 Å². The highest BCUT2D eigenvalue weighted by molar-refractivity contribution is 5.70. The fraction of sp³-hybridized carbons (Fsp3) is 0.417. The second-order valence-corrected chi connectivity index (χ2v) is 4.19. The molecule has 1 aromatic carbocycles. The first-order valence-electron chi connectivity index (χ1n) is 5.22. The average Bonchev–Trinajstić information content (AvgIpc) is 2.65. The zero-order chi connectivity index (χ0) is 11.7. The van der Waals surface area contributed by atoms with E-state index in [4.69, 9.17) is 9.84 Å². The maximum atomic E-state index is 10.7. The van der Waals surface area contributed by atoms with Crippen LogP contribution < -0.4 is 0 Å². The van der Waals surface area contributed by atoms with Crippen LogP contribution in [-0.2, 0) is 29.2 Å². The summed E-state index contributed by atoms with van der Waals surface area (Å²) in [4.78, 5) is 10.7. The Balaban J connectivity index is 2.25. The van der Waals surface area contributed by atoms with Crippen molar-refractivity contribution in [3.05, 3.63) is 28.8 Å². The van der Waals surface area contributed by atoms with Gasteiger partial charge in [0.1, 0.15) is 5.75 Å². The van der Waals surface area contributed by atoms with Crippen molar-refractivity contribution in [2.24, 2.45) is 5.92 Å². The SMILES string of the molecule is CC(Cc1cc2c(cc1O)COC2)C(=O)O. The normalized spacial score (nSPS) is 15.8. The minimum Gasteiger partial charge on any atom is -0.508 e. The van der Waals surface area contributed by atoms with Gasteiger partial charge in [-0.05, 0) is 35.2 Å². The second kappa shape index (κ2) is 4.14. The Bertz CT molecular complexity index is 425. The summed E-state index contributed by atoms with van der Waals surface area (Å²) >= 11 is 0. The number of fused-ring (bicyclic) bond motifs is 1. The molecule has 2 N–H and O–H groups in total. The Labute approximate surface area is 93.5 Å². The number of benzene rings is 1. The molecule has 1 aromatic rings. The molecule has 0 bridgehead atoms. The van der Waals surface area contributed by atoms with Crippen LogP contribution >= 0.6 is 0 Å². The maximum absolute atomic E-state index is 10.7. The molecular weight excluding hydrogens is 208 g/mol. The van der Waals surface area contributed by atoms with Crippen molar-refractivity contribution in [3.63, 3.8) is 0 Å². The quantitative estimate of drug-likeness (QED) is 0.816. The van der Waals surface area contributed by atoms with E-state index in [0.717, 1.165) is 11.1 Å². The Kier molecular flexibility index (Phi) is 2.83. The largest absolute Gasteiger partial charge is 0.508 e. The molecule has 2 rings (SSSR count). The van der Waals surface area contributed by atoms with Crippen LogP contribution in [0.15, 0.2) is 12.1 Å². The Morgan fingerprint density at radius 2 is 2.06 bits per heavy atom. The zero-order valence-corrected chi connectivity index (χ0v) is 9.06. The fourth-order valence-electron chi connectivity index (χ4n) is 1.85. The first-order chi connectivity index (χ1) is 7.58. The topological polar surface area (TPSA) is 66.8 Å². The number of hydrogen-bond donors (Lipinski definition) is 2. The van der Waals surface area contributed by atoms with Crippen molar-refractivity contribution >= 4 is 5.97 Å². The van der Waals surface area contributed by atoms with E-state index in [2.05, 4.69) is 0 Å². The van der Waals surface area contributed by atoms with Gasteiger partial charge in [-0.1, -0.05) is 6.92 Å². The molecule has 0 aromatic heterocycles. The molecule has 0 fully saturated rings. The lowest BCUT2D eigenvalue weighted by atomic mass is 9.97. The van der Waals surface area contributed by atoms with Gasteiger partial charge in [0.05, 0.1) is 19.1 Å². The van der Waals surface area contributed by atoms with Crippen LogP contribution in [0.5, 0.6) is 5.75 Å². The molecule has 1 aliphatic heterocycles. The Morgan fingerprint density at radius 1 is 1.44 bits per heavy atom. The van der Waals surface area contributed by atoms with Crippen LogP contribution in [0.3, 0.4) is 0 Å². The van der Waals surface area contributed by atoms with Crippen molar-refractivity contribution in [3.8, 4) is 5.75 Å². The Hall–Kier alpha value is -1.55. The summed E-state index contributed by atoms with van der Waals surface area (Å²) in [6.07, 6.45) is 0.342. The molecule has 0 aliphatic carbocycles. The summed E-state index contributed by atoms with van der Waals surface area (Å²) in [6, 6.07) is 3.52. The van der Waals surface area contributed by atoms with E-state index in [-0.39, 0.29) is 5.75 Å². The molecule has 0 saturated carbocycles. The van der Waals surface area contributed by atoms with Gasteiger partial charge in [0.25, 0.3) is 0 Å². The van der Waals surface area contributed by atoms with Crippen LogP contribution in [0.4, 0.5) is 0 Å². The van der Waals surface area contributed by atoms with Crippen LogP contribution in [0.25, 0.3) is 0 Å². The van der Waals surface area contributed by atoms with Gasteiger partial charge in [-0.25, -0.2) is 0 Å². The van der Waals surface area contributed by atoms with Crippen molar-refractivity contribution in [1.29, 1.82) is 0 Å². The van der Waals surface area contributed by atoms with Crippen LogP contribution in [0.2, 0.25) is 0 Å². The van der Waals surface area contributed by atoms with Gasteiger partial charge in [-0.15, -0.1) is 0 Å². The molecule has 4 nitrogen and oxygen atoms in total. The monoisotopic (exact) mass is 222 g/mol. The van der Waals surface area contributed by atoms with Crippen molar-refractivity contribution < 1.29 is 19.7 Å². The summed E-state index contributed by atoms with van der Waals surface area (Å²) in [6.45, 7) is 2.70. The summed E-state index contributed by atoms with van der Waals surface area (Å²) in [5.41, 5.74) is 2.72. The van der Waals surface area contributed by atoms with Crippen LogP contribution in [0, 0.1) is 5.92 Å². The number of rotatable bonds is 3. The fourth-order valence-corrected chi connectivity index (χ4v) is 1.85. The van der Waals surface area contributed by atoms with Gasteiger partial charge >= 0.3 is 5.97 Å². The number of ether oxygens (including phenoxy) is 1. The van der Waals surface area contributed by atoms with E-state index in [1.54, 1.807) is 13.0 Å². The van der Waals surface area contributed by atoms with Gasteiger partial charge < -0.3 is 14.9 Å². The molecule has 1 heterocycles. The Morgan fingerprint density at radius 3 is 2.69 bits per heavy atom. The van der Waals surface area contributed by atoms with Crippen LogP contribution in [0.1, 0.15) is 23.6 Å². The second-order valence-electron chi connectivity index (χ2n) is 4.19. The van der Waals surface area contributed by atoms with E-state index in [0.29, 0.717) is 25.2 Å². The van der Waals surface area contributed by atoms with E-state index < -0.39 is 11.9 Å². The molecule has 1 aliphatic rings. The van der Waals surface area contributed by atoms with E-state index >= 15 is 0 Å². The molecule has 1 unspecified atom stereocenters. The standard InChI is InChI=1S/C12H14O4/c1-7(12(14)15)2-8-3-9-5-16-6-10(9)4-11(8)13/h3-4,7,13H,2,5-6H2,1H3,(H,14,15). The minimum absolute atomic E-state index is 0.164. The lowest BCUT2D eigenvalue weighted by Crippen LogP contribution is -2.12. The van der Waals surface area contributed by atoms with Crippen LogP contribution in [-0.4, -0.2) is 16.2 Å². The molecule has 0 saturated heterocycles. The first-order valence-corrected chi connectivity index (χ1v) is 5.22. The summed E-state index contributed by atoms with van der Waals surface area (Å²) < 4.78 is 5.25. The number of carbonyl (C=O) groups is 1. The van der Waals surface area contributed by atoms with Gasteiger partial charge in [0.15, 0.2) is 0 Å². The van der Waals surface area contributed by atoms with Gasteiger partial charge in [-0.3, -0.25) is 4.79 Å². The lowest BCUT2D eigenvalue weighted by molar-refractivity contribution is -0.141. The molecule has 0 spiro atoms. The molecule has 16 heavy (non-hydrogen) atoms. The molecule has 0 amide bonds. The van der Waals surface area contributed by atoms with Gasteiger partial charge in [0.2, 0.25) is 0 Å². The van der Waals surface area contributed by atoms with Gasteiger partial charge in [-0.2, -0.15) is 0 Å². The molecule has 0 radical (unpaired) electrons.